The maximum absolute atomic E-state index is 11.8. The van der Waals surface area contributed by atoms with Crippen LogP contribution in [0.5, 0.6) is 0 Å². The Kier molecular flexibility index (Phi) is 5.55. The number of amides is 1. The molecule has 19 heavy (non-hydrogen) atoms. The molecule has 1 aromatic rings. The molecule has 4 nitrogen and oxygen atoms in total. The van der Waals surface area contributed by atoms with Gasteiger partial charge in [0.2, 0.25) is 0 Å². The average Bonchev–Trinajstić information content (AvgIpc) is 2.34. The molecular formula is C15H21NO3. The molecule has 0 fully saturated rings. The molecule has 0 aliphatic rings. The average molecular weight is 263 g/mol. The molecule has 104 valence electrons. The van der Waals surface area contributed by atoms with Gasteiger partial charge in [-0.1, -0.05) is 24.1 Å². The number of aryl methyl sites for hydroxylation is 2. The van der Waals surface area contributed by atoms with E-state index in [0.717, 1.165) is 17.5 Å². The largest absolute Gasteiger partial charge is 0.452 e. The minimum Gasteiger partial charge on any atom is -0.452 e. The summed E-state index contributed by atoms with van der Waals surface area (Å²) in [6.45, 7) is 7.48. The lowest BCUT2D eigenvalue weighted by molar-refractivity contribution is -0.124. The molecular weight excluding hydrogens is 242 g/mol. The van der Waals surface area contributed by atoms with Crippen molar-refractivity contribution in [3.8, 4) is 0 Å². The summed E-state index contributed by atoms with van der Waals surface area (Å²) < 4.78 is 4.99. The topological polar surface area (TPSA) is 55.4 Å². The van der Waals surface area contributed by atoms with E-state index >= 15 is 0 Å². The van der Waals surface area contributed by atoms with Gasteiger partial charge in [0.15, 0.2) is 6.61 Å². The van der Waals surface area contributed by atoms with Crippen LogP contribution in [0.3, 0.4) is 0 Å². The van der Waals surface area contributed by atoms with Gasteiger partial charge in [0.25, 0.3) is 5.91 Å². The molecule has 0 saturated carbocycles. The summed E-state index contributed by atoms with van der Waals surface area (Å²) in [7, 11) is 0. The Labute approximate surface area is 114 Å². The molecule has 0 aliphatic carbocycles. The molecule has 1 amide bonds. The standard InChI is InChI=1S/C15H21NO3/c1-5-12(4)16-14(17)9-19-15(18)13-7-10(2)6-11(3)8-13/h6-8,12H,5,9H2,1-4H3,(H,16,17)/t12-/m0/s1. The SMILES string of the molecule is CC[C@H](C)NC(=O)COC(=O)c1cc(C)cc(C)c1. The summed E-state index contributed by atoms with van der Waals surface area (Å²) in [4.78, 5) is 23.3. The smallest absolute Gasteiger partial charge is 0.338 e. The van der Waals surface area contributed by atoms with Gasteiger partial charge in [0.1, 0.15) is 0 Å². The summed E-state index contributed by atoms with van der Waals surface area (Å²) in [5.41, 5.74) is 2.47. The van der Waals surface area contributed by atoms with Crippen molar-refractivity contribution in [3.63, 3.8) is 0 Å². The fraction of sp³-hybridized carbons (Fsp3) is 0.467. The first-order valence-corrected chi connectivity index (χ1v) is 6.47. The first-order chi connectivity index (χ1) is 8.92. The zero-order valence-corrected chi connectivity index (χ0v) is 11.9. The van der Waals surface area contributed by atoms with E-state index in [4.69, 9.17) is 4.74 Å². The van der Waals surface area contributed by atoms with E-state index in [1.54, 1.807) is 12.1 Å². The second kappa shape index (κ2) is 6.92. The molecule has 0 heterocycles. The van der Waals surface area contributed by atoms with E-state index in [1.807, 2.05) is 33.8 Å². The molecule has 0 unspecified atom stereocenters. The van der Waals surface area contributed by atoms with Crippen LogP contribution in [0.25, 0.3) is 0 Å². The summed E-state index contributed by atoms with van der Waals surface area (Å²) in [5.74, 6) is -0.738. The van der Waals surface area contributed by atoms with Gasteiger partial charge in [0, 0.05) is 6.04 Å². The van der Waals surface area contributed by atoms with Crippen molar-refractivity contribution in [2.75, 3.05) is 6.61 Å². The summed E-state index contributed by atoms with van der Waals surface area (Å²) in [5, 5.41) is 2.74. The van der Waals surface area contributed by atoms with Crippen molar-refractivity contribution >= 4 is 11.9 Å². The number of hydrogen-bond donors (Lipinski definition) is 1. The van der Waals surface area contributed by atoms with Crippen LogP contribution in [-0.4, -0.2) is 24.5 Å². The van der Waals surface area contributed by atoms with Crippen LogP contribution in [0.4, 0.5) is 0 Å². The van der Waals surface area contributed by atoms with E-state index in [2.05, 4.69) is 5.32 Å². The van der Waals surface area contributed by atoms with Gasteiger partial charge < -0.3 is 10.1 Å². The van der Waals surface area contributed by atoms with Gasteiger partial charge in [0.05, 0.1) is 5.56 Å². The molecule has 0 bridgehead atoms. The second-order valence-corrected chi connectivity index (χ2v) is 4.83. The lowest BCUT2D eigenvalue weighted by Gasteiger charge is -2.11. The Balaban J connectivity index is 2.53. The Morgan fingerprint density at radius 2 is 1.79 bits per heavy atom. The van der Waals surface area contributed by atoms with Crippen molar-refractivity contribution in [1.82, 2.24) is 5.32 Å². The van der Waals surface area contributed by atoms with Crippen molar-refractivity contribution in [2.24, 2.45) is 0 Å². The van der Waals surface area contributed by atoms with E-state index < -0.39 is 5.97 Å². The predicted molar refractivity (Wildman–Crippen MR) is 74.1 cm³/mol. The van der Waals surface area contributed by atoms with Crippen LogP contribution in [0.2, 0.25) is 0 Å². The zero-order valence-electron chi connectivity index (χ0n) is 11.9. The normalized spacial score (nSPS) is 11.8. The zero-order chi connectivity index (χ0) is 14.4. The highest BCUT2D eigenvalue weighted by Crippen LogP contribution is 2.10. The number of carbonyl (C=O) groups is 2. The molecule has 1 rings (SSSR count). The number of ether oxygens (including phenoxy) is 1. The summed E-state index contributed by atoms with van der Waals surface area (Å²) in [6, 6.07) is 5.57. The van der Waals surface area contributed by atoms with Crippen LogP contribution in [0.1, 0.15) is 41.8 Å². The lowest BCUT2D eigenvalue weighted by atomic mass is 10.1. The fourth-order valence-electron chi connectivity index (χ4n) is 1.73. The monoisotopic (exact) mass is 263 g/mol. The van der Waals surface area contributed by atoms with E-state index in [1.165, 1.54) is 0 Å². The van der Waals surface area contributed by atoms with Crippen LogP contribution in [-0.2, 0) is 9.53 Å². The first-order valence-electron chi connectivity index (χ1n) is 6.47. The number of nitrogens with one attached hydrogen (secondary N) is 1. The molecule has 1 atom stereocenters. The third kappa shape index (κ3) is 5.12. The van der Waals surface area contributed by atoms with Crippen molar-refractivity contribution < 1.29 is 14.3 Å². The molecule has 1 N–H and O–H groups in total. The lowest BCUT2D eigenvalue weighted by Crippen LogP contribution is -2.35. The minimum absolute atomic E-state index is 0.0902. The van der Waals surface area contributed by atoms with Gasteiger partial charge in [-0.15, -0.1) is 0 Å². The van der Waals surface area contributed by atoms with Crippen molar-refractivity contribution in [1.29, 1.82) is 0 Å². The van der Waals surface area contributed by atoms with Crippen molar-refractivity contribution in [2.45, 2.75) is 40.2 Å². The molecule has 0 spiro atoms. The molecule has 0 aliphatic heterocycles. The van der Waals surface area contributed by atoms with Gasteiger partial charge in [-0.25, -0.2) is 4.79 Å². The fourth-order valence-corrected chi connectivity index (χ4v) is 1.73. The Bertz CT molecular complexity index is 448. The predicted octanol–water partition coefficient (Wildman–Crippen LogP) is 2.37. The maximum Gasteiger partial charge on any atom is 0.338 e. The van der Waals surface area contributed by atoms with Crippen LogP contribution in [0.15, 0.2) is 18.2 Å². The molecule has 1 aromatic carbocycles. The van der Waals surface area contributed by atoms with Crippen LogP contribution >= 0.6 is 0 Å². The van der Waals surface area contributed by atoms with E-state index in [0.29, 0.717) is 5.56 Å². The maximum atomic E-state index is 11.8. The second-order valence-electron chi connectivity index (χ2n) is 4.83. The molecule has 0 saturated heterocycles. The Morgan fingerprint density at radius 1 is 1.21 bits per heavy atom. The highest BCUT2D eigenvalue weighted by atomic mass is 16.5. The Morgan fingerprint density at radius 3 is 2.32 bits per heavy atom. The molecule has 0 radical (unpaired) electrons. The quantitative estimate of drug-likeness (QED) is 0.830. The number of hydrogen-bond acceptors (Lipinski definition) is 3. The van der Waals surface area contributed by atoms with E-state index in [-0.39, 0.29) is 18.6 Å². The van der Waals surface area contributed by atoms with Gasteiger partial charge >= 0.3 is 5.97 Å². The molecule has 4 heteroatoms. The summed E-state index contributed by atoms with van der Waals surface area (Å²) >= 11 is 0. The van der Waals surface area contributed by atoms with Gasteiger partial charge in [-0.2, -0.15) is 0 Å². The number of benzene rings is 1. The van der Waals surface area contributed by atoms with Crippen LogP contribution in [0, 0.1) is 13.8 Å². The van der Waals surface area contributed by atoms with Gasteiger partial charge in [-0.05, 0) is 39.3 Å². The minimum atomic E-state index is -0.467. The number of esters is 1. The van der Waals surface area contributed by atoms with Gasteiger partial charge in [-0.3, -0.25) is 4.79 Å². The number of carbonyl (C=O) groups excluding carboxylic acids is 2. The Hall–Kier alpha value is -1.84. The highest BCUT2D eigenvalue weighted by Gasteiger charge is 2.12. The number of rotatable bonds is 5. The van der Waals surface area contributed by atoms with E-state index in [9.17, 15) is 9.59 Å². The van der Waals surface area contributed by atoms with Crippen LogP contribution < -0.4 is 5.32 Å². The highest BCUT2D eigenvalue weighted by molar-refractivity contribution is 5.91. The first kappa shape index (κ1) is 15.2. The third-order valence-electron chi connectivity index (χ3n) is 2.81. The molecule has 0 aromatic heterocycles. The summed E-state index contributed by atoms with van der Waals surface area (Å²) in [6.07, 6.45) is 0.844. The third-order valence-corrected chi connectivity index (χ3v) is 2.81. The van der Waals surface area contributed by atoms with Crippen molar-refractivity contribution in [3.05, 3.63) is 34.9 Å².